The van der Waals surface area contributed by atoms with E-state index < -0.39 is 5.60 Å². The molecule has 4 nitrogen and oxygen atoms in total. The third-order valence-electron chi connectivity index (χ3n) is 2.81. The standard InChI is InChI=1S/C13H16ClNO3/c1-13(2,17)5-6-15-10-7-9(14)3-4-11(10)18-8-12(15)16/h3-4,7,17H,5-6,8H2,1-2H3. The Kier molecular flexibility index (Phi) is 3.50. The molecule has 0 atom stereocenters. The monoisotopic (exact) mass is 269 g/mol. The lowest BCUT2D eigenvalue weighted by atomic mass is 10.0. The van der Waals surface area contributed by atoms with Gasteiger partial charge in [0.05, 0.1) is 11.3 Å². The second-order valence-electron chi connectivity index (χ2n) is 5.01. The first-order chi connectivity index (χ1) is 8.37. The number of rotatable bonds is 3. The van der Waals surface area contributed by atoms with Crippen LogP contribution < -0.4 is 9.64 Å². The molecule has 98 valence electrons. The molecule has 0 radical (unpaired) electrons. The second-order valence-corrected chi connectivity index (χ2v) is 5.44. The highest BCUT2D eigenvalue weighted by Crippen LogP contribution is 2.34. The SMILES string of the molecule is CC(C)(O)CCN1C(=O)COc2ccc(Cl)cc21. The Hall–Kier alpha value is -1.26. The summed E-state index contributed by atoms with van der Waals surface area (Å²) in [4.78, 5) is 13.5. The van der Waals surface area contributed by atoms with Crippen LogP contribution in [0.25, 0.3) is 0 Å². The first kappa shape index (κ1) is 13.2. The minimum Gasteiger partial charge on any atom is -0.482 e. The van der Waals surface area contributed by atoms with Gasteiger partial charge in [-0.2, -0.15) is 0 Å². The summed E-state index contributed by atoms with van der Waals surface area (Å²) in [6, 6.07) is 5.18. The van der Waals surface area contributed by atoms with Gasteiger partial charge in [-0.1, -0.05) is 11.6 Å². The highest BCUT2D eigenvalue weighted by atomic mass is 35.5. The number of ether oxygens (including phenoxy) is 1. The average molecular weight is 270 g/mol. The van der Waals surface area contributed by atoms with Crippen LogP contribution in [-0.2, 0) is 4.79 Å². The summed E-state index contributed by atoms with van der Waals surface area (Å²) in [5.74, 6) is 0.531. The fraction of sp³-hybridized carbons (Fsp3) is 0.462. The van der Waals surface area contributed by atoms with Crippen molar-refractivity contribution in [1.29, 1.82) is 0 Å². The molecular weight excluding hydrogens is 254 g/mol. The Labute approximate surface area is 111 Å². The highest BCUT2D eigenvalue weighted by molar-refractivity contribution is 6.31. The zero-order chi connectivity index (χ0) is 13.3. The van der Waals surface area contributed by atoms with Gasteiger partial charge in [0.2, 0.25) is 0 Å². The predicted octanol–water partition coefficient (Wildman–Crippen LogP) is 2.23. The van der Waals surface area contributed by atoms with Crippen molar-refractivity contribution in [3.63, 3.8) is 0 Å². The number of hydrogen-bond donors (Lipinski definition) is 1. The molecule has 2 rings (SSSR count). The third kappa shape index (κ3) is 2.94. The van der Waals surface area contributed by atoms with Crippen LogP contribution in [0.5, 0.6) is 5.75 Å². The number of hydrogen-bond acceptors (Lipinski definition) is 3. The zero-order valence-electron chi connectivity index (χ0n) is 10.4. The number of anilines is 1. The molecule has 1 aliphatic rings. The molecule has 0 spiro atoms. The summed E-state index contributed by atoms with van der Waals surface area (Å²) in [6.07, 6.45) is 0.491. The van der Waals surface area contributed by atoms with E-state index in [1.807, 2.05) is 0 Å². The van der Waals surface area contributed by atoms with Crippen LogP contribution in [0, 0.1) is 0 Å². The number of aliphatic hydroxyl groups is 1. The number of carbonyl (C=O) groups excluding carboxylic acids is 1. The van der Waals surface area contributed by atoms with Crippen molar-refractivity contribution < 1.29 is 14.6 Å². The van der Waals surface area contributed by atoms with Crippen molar-refractivity contribution in [2.45, 2.75) is 25.9 Å². The molecule has 5 heteroatoms. The largest absolute Gasteiger partial charge is 0.482 e. The van der Waals surface area contributed by atoms with Gasteiger partial charge in [0.25, 0.3) is 5.91 Å². The minimum atomic E-state index is -0.808. The zero-order valence-corrected chi connectivity index (χ0v) is 11.2. The smallest absolute Gasteiger partial charge is 0.265 e. The summed E-state index contributed by atoms with van der Waals surface area (Å²) in [7, 11) is 0. The maximum atomic E-state index is 11.9. The van der Waals surface area contributed by atoms with Gasteiger partial charge in [-0.3, -0.25) is 4.79 Å². The van der Waals surface area contributed by atoms with E-state index in [-0.39, 0.29) is 12.5 Å². The highest BCUT2D eigenvalue weighted by Gasteiger charge is 2.27. The maximum absolute atomic E-state index is 11.9. The molecule has 1 amide bonds. The maximum Gasteiger partial charge on any atom is 0.265 e. The Morgan fingerprint density at radius 2 is 2.22 bits per heavy atom. The molecule has 0 saturated carbocycles. The van der Waals surface area contributed by atoms with E-state index in [0.29, 0.717) is 29.4 Å². The lowest BCUT2D eigenvalue weighted by Gasteiger charge is -2.31. The van der Waals surface area contributed by atoms with Crippen LogP contribution in [0.1, 0.15) is 20.3 Å². The topological polar surface area (TPSA) is 49.8 Å². The van der Waals surface area contributed by atoms with E-state index in [4.69, 9.17) is 16.3 Å². The normalized spacial score (nSPS) is 15.3. The molecular formula is C13H16ClNO3. The molecule has 1 aromatic rings. The van der Waals surface area contributed by atoms with E-state index >= 15 is 0 Å². The molecule has 0 saturated heterocycles. The van der Waals surface area contributed by atoms with Crippen molar-refractivity contribution in [3.8, 4) is 5.75 Å². The van der Waals surface area contributed by atoms with Gasteiger partial charge in [-0.15, -0.1) is 0 Å². The van der Waals surface area contributed by atoms with E-state index in [9.17, 15) is 9.90 Å². The third-order valence-corrected chi connectivity index (χ3v) is 3.05. The lowest BCUT2D eigenvalue weighted by Crippen LogP contribution is -2.41. The number of benzene rings is 1. The van der Waals surface area contributed by atoms with E-state index in [1.165, 1.54) is 0 Å². The summed E-state index contributed by atoms with van der Waals surface area (Å²) in [6.45, 7) is 3.91. The average Bonchev–Trinajstić information content (AvgIpc) is 2.26. The van der Waals surface area contributed by atoms with Crippen LogP contribution in [-0.4, -0.2) is 29.8 Å². The van der Waals surface area contributed by atoms with Crippen molar-refractivity contribution in [2.75, 3.05) is 18.1 Å². The number of nitrogens with zero attached hydrogens (tertiary/aromatic N) is 1. The molecule has 0 aliphatic carbocycles. The van der Waals surface area contributed by atoms with E-state index in [0.717, 1.165) is 0 Å². The van der Waals surface area contributed by atoms with Gasteiger partial charge in [-0.05, 0) is 38.5 Å². The molecule has 1 aliphatic heterocycles. The van der Waals surface area contributed by atoms with Crippen LogP contribution >= 0.6 is 11.6 Å². The molecule has 1 N–H and O–H groups in total. The number of halogens is 1. The Bertz CT molecular complexity index is 468. The van der Waals surface area contributed by atoms with Gasteiger partial charge in [0.1, 0.15) is 5.75 Å². The fourth-order valence-electron chi connectivity index (χ4n) is 1.81. The Morgan fingerprint density at radius 3 is 2.89 bits per heavy atom. The van der Waals surface area contributed by atoms with Gasteiger partial charge in [-0.25, -0.2) is 0 Å². The first-order valence-corrected chi connectivity index (χ1v) is 6.20. The van der Waals surface area contributed by atoms with E-state index in [1.54, 1.807) is 36.9 Å². The van der Waals surface area contributed by atoms with Gasteiger partial charge >= 0.3 is 0 Å². The van der Waals surface area contributed by atoms with Gasteiger partial charge < -0.3 is 14.7 Å². The number of amides is 1. The number of carbonyl (C=O) groups is 1. The fourth-order valence-corrected chi connectivity index (χ4v) is 1.97. The predicted molar refractivity (Wildman–Crippen MR) is 70.2 cm³/mol. The summed E-state index contributed by atoms with van der Waals surface area (Å²) >= 11 is 5.94. The van der Waals surface area contributed by atoms with Crippen LogP contribution in [0.2, 0.25) is 5.02 Å². The lowest BCUT2D eigenvalue weighted by molar-refractivity contribution is -0.121. The quantitative estimate of drug-likeness (QED) is 0.915. The minimum absolute atomic E-state index is 0.0283. The molecule has 1 aromatic carbocycles. The van der Waals surface area contributed by atoms with Crippen molar-refractivity contribution in [3.05, 3.63) is 23.2 Å². The van der Waals surface area contributed by atoms with Crippen LogP contribution in [0.3, 0.4) is 0 Å². The first-order valence-electron chi connectivity index (χ1n) is 5.82. The van der Waals surface area contributed by atoms with Gasteiger partial charge in [0.15, 0.2) is 6.61 Å². The molecule has 18 heavy (non-hydrogen) atoms. The van der Waals surface area contributed by atoms with Crippen molar-refractivity contribution in [2.24, 2.45) is 0 Å². The Balaban J connectivity index is 2.24. The number of fused-ring (bicyclic) bond motifs is 1. The van der Waals surface area contributed by atoms with Crippen molar-refractivity contribution >= 4 is 23.2 Å². The molecule has 1 heterocycles. The summed E-state index contributed by atoms with van der Waals surface area (Å²) < 4.78 is 5.34. The molecule has 0 unspecified atom stereocenters. The van der Waals surface area contributed by atoms with E-state index in [2.05, 4.69) is 0 Å². The van der Waals surface area contributed by atoms with Gasteiger partial charge in [0, 0.05) is 11.6 Å². The summed E-state index contributed by atoms with van der Waals surface area (Å²) in [5, 5.41) is 10.3. The molecule has 0 fully saturated rings. The molecule has 0 bridgehead atoms. The van der Waals surface area contributed by atoms with Crippen LogP contribution in [0.15, 0.2) is 18.2 Å². The second kappa shape index (κ2) is 4.78. The van der Waals surface area contributed by atoms with Crippen LogP contribution in [0.4, 0.5) is 5.69 Å². The molecule has 0 aromatic heterocycles. The van der Waals surface area contributed by atoms with Crippen molar-refractivity contribution in [1.82, 2.24) is 0 Å². The summed E-state index contributed by atoms with van der Waals surface area (Å²) in [5.41, 5.74) is -0.139. The Morgan fingerprint density at radius 1 is 1.50 bits per heavy atom.